The molecule has 2 aliphatic rings. The first-order chi connectivity index (χ1) is 12.0. The molecule has 1 spiro atoms. The molecular formula is C18H24N4O3. The Kier molecular flexibility index (Phi) is 5.01. The molecule has 3 rings (SSSR count). The average Bonchev–Trinajstić information content (AvgIpc) is 2.80. The van der Waals surface area contributed by atoms with Gasteiger partial charge in [-0.1, -0.05) is 25.3 Å². The van der Waals surface area contributed by atoms with Crippen LogP contribution in [-0.4, -0.2) is 58.3 Å². The van der Waals surface area contributed by atoms with Crippen LogP contribution in [0.4, 0.5) is 4.79 Å². The number of rotatable bonds is 5. The predicted octanol–water partition coefficient (Wildman–Crippen LogP) is 1.34. The summed E-state index contributed by atoms with van der Waals surface area (Å²) in [5.74, 6) is -0.543. The molecule has 0 unspecified atom stereocenters. The van der Waals surface area contributed by atoms with Crippen molar-refractivity contribution in [3.8, 4) is 0 Å². The minimum atomic E-state index is -0.733. The van der Waals surface area contributed by atoms with E-state index in [1.54, 1.807) is 13.2 Å². The van der Waals surface area contributed by atoms with Crippen molar-refractivity contribution in [2.24, 2.45) is 0 Å². The smallest absolute Gasteiger partial charge is 0.327 e. The van der Waals surface area contributed by atoms with E-state index in [1.807, 2.05) is 18.2 Å². The van der Waals surface area contributed by atoms with Crippen molar-refractivity contribution >= 4 is 17.8 Å². The van der Waals surface area contributed by atoms with Crippen molar-refractivity contribution in [1.82, 2.24) is 20.1 Å². The van der Waals surface area contributed by atoms with Crippen LogP contribution >= 0.6 is 0 Å². The van der Waals surface area contributed by atoms with Crippen molar-refractivity contribution in [3.63, 3.8) is 0 Å². The fourth-order valence-electron chi connectivity index (χ4n) is 3.75. The number of nitrogens with one attached hydrogen (secondary N) is 1. The second-order valence-corrected chi connectivity index (χ2v) is 6.75. The third-order valence-electron chi connectivity index (χ3n) is 5.22. The Morgan fingerprint density at radius 2 is 2.00 bits per heavy atom. The number of carbonyl (C=O) groups is 3. The van der Waals surface area contributed by atoms with Crippen LogP contribution < -0.4 is 5.32 Å². The van der Waals surface area contributed by atoms with Crippen molar-refractivity contribution in [2.45, 2.75) is 44.1 Å². The van der Waals surface area contributed by atoms with Crippen LogP contribution in [0.3, 0.4) is 0 Å². The first-order valence-corrected chi connectivity index (χ1v) is 8.81. The van der Waals surface area contributed by atoms with Gasteiger partial charge in [-0.3, -0.25) is 19.5 Å². The lowest BCUT2D eigenvalue weighted by Gasteiger charge is -2.35. The Labute approximate surface area is 147 Å². The molecule has 4 amide bonds. The summed E-state index contributed by atoms with van der Waals surface area (Å²) in [6.07, 6.45) is 6.65. The van der Waals surface area contributed by atoms with Gasteiger partial charge >= 0.3 is 6.03 Å². The molecule has 0 atom stereocenters. The highest BCUT2D eigenvalue weighted by Gasteiger charge is 2.55. The Morgan fingerprint density at radius 1 is 1.24 bits per heavy atom. The zero-order valence-electron chi connectivity index (χ0n) is 14.5. The molecule has 0 radical (unpaired) electrons. The van der Waals surface area contributed by atoms with E-state index < -0.39 is 5.54 Å². The summed E-state index contributed by atoms with van der Waals surface area (Å²) in [5, 5.41) is 2.76. The number of aromatic nitrogens is 1. The Morgan fingerprint density at radius 3 is 2.68 bits per heavy atom. The summed E-state index contributed by atoms with van der Waals surface area (Å²) in [6.45, 7) is 0.207. The van der Waals surface area contributed by atoms with Gasteiger partial charge in [0.15, 0.2) is 0 Å². The SMILES string of the molecule is CN1C(=O)N(CC(=O)NCCc2ccccn2)C(=O)C12CCCCC2. The maximum atomic E-state index is 12.8. The Balaban J connectivity index is 1.55. The number of pyridine rings is 1. The van der Waals surface area contributed by atoms with Gasteiger partial charge in [-0.25, -0.2) is 4.79 Å². The van der Waals surface area contributed by atoms with E-state index in [0.29, 0.717) is 25.8 Å². The lowest BCUT2D eigenvalue weighted by Crippen LogP contribution is -2.49. The minimum Gasteiger partial charge on any atom is -0.354 e. The van der Waals surface area contributed by atoms with Crippen LogP contribution in [0.2, 0.25) is 0 Å². The fourth-order valence-corrected chi connectivity index (χ4v) is 3.75. The van der Waals surface area contributed by atoms with Gasteiger partial charge in [0.25, 0.3) is 5.91 Å². The number of hydrogen-bond donors (Lipinski definition) is 1. The van der Waals surface area contributed by atoms with E-state index in [9.17, 15) is 14.4 Å². The van der Waals surface area contributed by atoms with Crippen LogP contribution in [0.5, 0.6) is 0 Å². The number of carbonyl (C=O) groups excluding carboxylic acids is 3. The van der Waals surface area contributed by atoms with Gasteiger partial charge in [-0.15, -0.1) is 0 Å². The van der Waals surface area contributed by atoms with E-state index in [2.05, 4.69) is 10.3 Å². The number of nitrogens with zero attached hydrogens (tertiary/aromatic N) is 3. The molecule has 7 heteroatoms. The highest BCUT2D eigenvalue weighted by atomic mass is 16.2. The molecule has 0 aromatic carbocycles. The third kappa shape index (κ3) is 3.36. The van der Waals surface area contributed by atoms with Crippen molar-refractivity contribution in [2.75, 3.05) is 20.1 Å². The number of amides is 4. The summed E-state index contributed by atoms with van der Waals surface area (Å²) >= 11 is 0. The Bertz CT molecular complexity index is 656. The standard InChI is InChI=1S/C18H24N4O3/c1-21-17(25)22(16(24)18(21)9-4-2-5-10-18)13-15(23)20-12-8-14-7-3-6-11-19-14/h3,6-7,11H,2,4-5,8-10,12-13H2,1H3,(H,20,23). The van der Waals surface area contributed by atoms with Crippen LogP contribution in [0.15, 0.2) is 24.4 Å². The molecule has 25 heavy (non-hydrogen) atoms. The first-order valence-electron chi connectivity index (χ1n) is 8.81. The van der Waals surface area contributed by atoms with Crippen molar-refractivity contribution in [3.05, 3.63) is 30.1 Å². The third-order valence-corrected chi connectivity index (χ3v) is 5.22. The molecule has 1 aliphatic heterocycles. The largest absolute Gasteiger partial charge is 0.354 e. The van der Waals surface area contributed by atoms with Crippen molar-refractivity contribution in [1.29, 1.82) is 0 Å². The molecule has 1 aliphatic carbocycles. The Hall–Kier alpha value is -2.44. The first kappa shape index (κ1) is 17.4. The zero-order chi connectivity index (χ0) is 17.9. The molecule has 1 aromatic heterocycles. The zero-order valence-corrected chi connectivity index (χ0v) is 14.5. The maximum absolute atomic E-state index is 12.8. The molecule has 134 valence electrons. The monoisotopic (exact) mass is 344 g/mol. The second-order valence-electron chi connectivity index (χ2n) is 6.75. The van der Waals surface area contributed by atoms with E-state index >= 15 is 0 Å². The summed E-state index contributed by atoms with van der Waals surface area (Å²) < 4.78 is 0. The topological polar surface area (TPSA) is 82.6 Å². The van der Waals surface area contributed by atoms with Crippen molar-refractivity contribution < 1.29 is 14.4 Å². The van der Waals surface area contributed by atoms with Crippen LogP contribution in [0.25, 0.3) is 0 Å². The number of likely N-dealkylation sites (N-methyl/N-ethyl adjacent to an activating group) is 1. The van der Waals surface area contributed by atoms with E-state index in [0.717, 1.165) is 29.9 Å². The van der Waals surface area contributed by atoms with Gasteiger partial charge in [0, 0.05) is 31.9 Å². The van der Waals surface area contributed by atoms with E-state index in [4.69, 9.17) is 0 Å². The molecule has 1 N–H and O–H groups in total. The molecule has 1 aromatic rings. The quantitative estimate of drug-likeness (QED) is 0.817. The molecule has 2 heterocycles. The summed E-state index contributed by atoms with van der Waals surface area (Å²) in [7, 11) is 1.67. The molecular weight excluding hydrogens is 320 g/mol. The second kappa shape index (κ2) is 7.21. The van der Waals surface area contributed by atoms with E-state index in [-0.39, 0.29) is 24.4 Å². The van der Waals surface area contributed by atoms with Crippen LogP contribution in [-0.2, 0) is 16.0 Å². The molecule has 1 saturated carbocycles. The summed E-state index contributed by atoms with van der Waals surface area (Å²) in [4.78, 5) is 44.3. The maximum Gasteiger partial charge on any atom is 0.327 e. The molecule has 1 saturated heterocycles. The lowest BCUT2D eigenvalue weighted by molar-refractivity contribution is -0.137. The fraction of sp³-hybridized carbons (Fsp3) is 0.556. The molecule has 7 nitrogen and oxygen atoms in total. The van der Waals surface area contributed by atoms with Gasteiger partial charge in [0.1, 0.15) is 12.1 Å². The highest BCUT2D eigenvalue weighted by molar-refractivity contribution is 6.08. The summed E-state index contributed by atoms with van der Waals surface area (Å²) in [5.41, 5.74) is 0.154. The van der Waals surface area contributed by atoms with Gasteiger partial charge in [0.2, 0.25) is 5.91 Å². The summed E-state index contributed by atoms with van der Waals surface area (Å²) in [6, 6.07) is 5.25. The molecule has 0 bridgehead atoms. The van der Waals surface area contributed by atoms with Crippen LogP contribution in [0.1, 0.15) is 37.8 Å². The van der Waals surface area contributed by atoms with Gasteiger partial charge < -0.3 is 10.2 Å². The number of hydrogen-bond acceptors (Lipinski definition) is 4. The molecule has 2 fully saturated rings. The minimum absolute atomic E-state index is 0.216. The number of urea groups is 1. The van der Waals surface area contributed by atoms with Crippen LogP contribution in [0, 0.1) is 0 Å². The van der Waals surface area contributed by atoms with Gasteiger partial charge in [0.05, 0.1) is 0 Å². The van der Waals surface area contributed by atoms with Gasteiger partial charge in [-0.2, -0.15) is 0 Å². The average molecular weight is 344 g/mol. The van der Waals surface area contributed by atoms with E-state index in [1.165, 1.54) is 4.90 Å². The lowest BCUT2D eigenvalue weighted by atomic mass is 9.81. The number of imide groups is 1. The van der Waals surface area contributed by atoms with Gasteiger partial charge in [-0.05, 0) is 25.0 Å². The normalized spacial score (nSPS) is 19.6. The highest BCUT2D eigenvalue weighted by Crippen LogP contribution is 2.39. The predicted molar refractivity (Wildman–Crippen MR) is 91.6 cm³/mol.